The Morgan fingerprint density at radius 1 is 1.50 bits per heavy atom. The Morgan fingerprint density at radius 2 is 2.29 bits per heavy atom. The fraction of sp³-hybridized carbons (Fsp3) is 0.273. The van der Waals surface area contributed by atoms with Crippen LogP contribution in [0, 0.1) is 18.2 Å². The van der Waals surface area contributed by atoms with E-state index in [-0.39, 0.29) is 5.82 Å². The maximum Gasteiger partial charge on any atom is 0.147 e. The summed E-state index contributed by atoms with van der Waals surface area (Å²) >= 11 is 3.27. The summed E-state index contributed by atoms with van der Waals surface area (Å²) in [5.74, 6) is 2.29. The molecule has 1 nitrogen and oxygen atoms in total. The van der Waals surface area contributed by atoms with Crippen LogP contribution < -0.4 is 5.32 Å². The van der Waals surface area contributed by atoms with Crippen LogP contribution in [0.2, 0.25) is 0 Å². The lowest BCUT2D eigenvalue weighted by atomic mass is 10.3. The number of rotatable bonds is 4. The first kappa shape index (κ1) is 11.1. The van der Waals surface area contributed by atoms with Gasteiger partial charge in [0.15, 0.2) is 0 Å². The molecule has 1 N–H and O–H groups in total. The van der Waals surface area contributed by atoms with Gasteiger partial charge in [-0.3, -0.25) is 0 Å². The van der Waals surface area contributed by atoms with Crippen LogP contribution in [0.1, 0.15) is 12.8 Å². The second-order valence-electron chi connectivity index (χ2n) is 2.83. The van der Waals surface area contributed by atoms with Gasteiger partial charge in [-0.25, -0.2) is 4.39 Å². The van der Waals surface area contributed by atoms with Crippen molar-refractivity contribution < 1.29 is 4.39 Å². The molecule has 0 saturated carbocycles. The second kappa shape index (κ2) is 5.66. The summed E-state index contributed by atoms with van der Waals surface area (Å²) in [7, 11) is 0. The normalized spacial score (nSPS) is 9.50. The molecule has 0 aliphatic heterocycles. The number of para-hydroxylation sites is 1. The van der Waals surface area contributed by atoms with Crippen LogP contribution in [-0.4, -0.2) is 6.54 Å². The lowest BCUT2D eigenvalue weighted by Crippen LogP contribution is -2.03. The van der Waals surface area contributed by atoms with Crippen LogP contribution in [0.15, 0.2) is 22.7 Å². The molecule has 0 heterocycles. The van der Waals surface area contributed by atoms with Crippen molar-refractivity contribution in [2.45, 2.75) is 12.8 Å². The first-order chi connectivity index (χ1) is 6.75. The molecule has 1 aromatic rings. The van der Waals surface area contributed by atoms with Gasteiger partial charge in [-0.05, 0) is 34.5 Å². The smallest absolute Gasteiger partial charge is 0.147 e. The van der Waals surface area contributed by atoms with Crippen molar-refractivity contribution in [2.75, 3.05) is 11.9 Å². The summed E-state index contributed by atoms with van der Waals surface area (Å²) in [5.41, 5.74) is 0.504. The third-order valence-corrected chi connectivity index (χ3v) is 2.42. The maximum absolute atomic E-state index is 13.2. The summed E-state index contributed by atoms with van der Waals surface area (Å²) in [4.78, 5) is 0. The van der Waals surface area contributed by atoms with Gasteiger partial charge in [-0.1, -0.05) is 6.07 Å². The van der Waals surface area contributed by atoms with Gasteiger partial charge in [0.05, 0.1) is 5.69 Å². The number of terminal acetylenes is 1. The highest BCUT2D eigenvalue weighted by Crippen LogP contribution is 2.24. The highest BCUT2D eigenvalue weighted by atomic mass is 79.9. The molecule has 0 unspecified atom stereocenters. The number of hydrogen-bond donors (Lipinski definition) is 1. The molecule has 0 spiro atoms. The quantitative estimate of drug-likeness (QED) is 0.643. The van der Waals surface area contributed by atoms with Gasteiger partial charge >= 0.3 is 0 Å². The lowest BCUT2D eigenvalue weighted by Gasteiger charge is -2.08. The van der Waals surface area contributed by atoms with Crippen LogP contribution in [0.4, 0.5) is 10.1 Å². The summed E-state index contributed by atoms with van der Waals surface area (Å²) in [5, 5.41) is 3.00. The zero-order valence-corrected chi connectivity index (χ0v) is 9.27. The van der Waals surface area contributed by atoms with Gasteiger partial charge in [-0.2, -0.15) is 0 Å². The molecule has 1 aromatic carbocycles. The molecule has 0 aliphatic rings. The predicted octanol–water partition coefficient (Wildman–Crippen LogP) is 3.41. The van der Waals surface area contributed by atoms with Crippen LogP contribution >= 0.6 is 15.9 Å². The molecule has 0 amide bonds. The van der Waals surface area contributed by atoms with Crippen molar-refractivity contribution in [3.63, 3.8) is 0 Å². The molecule has 0 aromatic heterocycles. The first-order valence-electron chi connectivity index (χ1n) is 4.37. The average Bonchev–Trinajstić information content (AvgIpc) is 2.16. The fourth-order valence-corrected chi connectivity index (χ4v) is 1.55. The summed E-state index contributed by atoms with van der Waals surface area (Å²) in [6.45, 7) is 0.684. The molecular formula is C11H11BrFN. The van der Waals surface area contributed by atoms with Gasteiger partial charge in [0.1, 0.15) is 5.82 Å². The van der Waals surface area contributed by atoms with Crippen LogP contribution in [0.5, 0.6) is 0 Å². The number of halogens is 2. The van der Waals surface area contributed by atoms with Crippen molar-refractivity contribution in [1.29, 1.82) is 0 Å². The molecule has 1 rings (SSSR count). The summed E-state index contributed by atoms with van der Waals surface area (Å²) in [6.07, 6.45) is 6.66. The van der Waals surface area contributed by atoms with Gasteiger partial charge in [0.25, 0.3) is 0 Å². The Kier molecular flexibility index (Phi) is 4.48. The maximum atomic E-state index is 13.2. The molecule has 0 saturated heterocycles. The van der Waals surface area contributed by atoms with E-state index in [0.717, 1.165) is 10.9 Å². The van der Waals surface area contributed by atoms with Crippen molar-refractivity contribution >= 4 is 21.6 Å². The number of benzene rings is 1. The number of anilines is 1. The van der Waals surface area contributed by atoms with Gasteiger partial charge < -0.3 is 5.32 Å². The average molecular weight is 256 g/mol. The van der Waals surface area contributed by atoms with Crippen LogP contribution in [-0.2, 0) is 0 Å². The van der Waals surface area contributed by atoms with E-state index in [1.807, 2.05) is 0 Å². The van der Waals surface area contributed by atoms with E-state index >= 15 is 0 Å². The van der Waals surface area contributed by atoms with E-state index in [9.17, 15) is 4.39 Å². The summed E-state index contributed by atoms with van der Waals surface area (Å²) < 4.78 is 14.0. The van der Waals surface area contributed by atoms with E-state index in [1.165, 1.54) is 6.07 Å². The first-order valence-corrected chi connectivity index (χ1v) is 5.16. The van der Waals surface area contributed by atoms with E-state index in [0.29, 0.717) is 18.7 Å². The minimum Gasteiger partial charge on any atom is -0.382 e. The zero-order valence-electron chi connectivity index (χ0n) is 7.69. The Labute approximate surface area is 91.8 Å². The monoisotopic (exact) mass is 255 g/mol. The number of nitrogens with one attached hydrogen (secondary N) is 1. The van der Waals surface area contributed by atoms with Crippen molar-refractivity contribution in [3.05, 3.63) is 28.5 Å². The van der Waals surface area contributed by atoms with Crippen molar-refractivity contribution in [2.24, 2.45) is 0 Å². The molecular weight excluding hydrogens is 245 g/mol. The van der Waals surface area contributed by atoms with E-state index in [4.69, 9.17) is 6.42 Å². The van der Waals surface area contributed by atoms with E-state index < -0.39 is 0 Å². The third kappa shape index (κ3) is 3.04. The molecule has 0 aliphatic carbocycles. The largest absolute Gasteiger partial charge is 0.382 e. The molecule has 14 heavy (non-hydrogen) atoms. The standard InChI is InChI=1S/C11H11BrFN/c1-2-3-4-8-14-11-9(12)6-5-7-10(11)13/h1,5-7,14H,3-4,8H2. The Balaban J connectivity index is 2.54. The van der Waals surface area contributed by atoms with Gasteiger partial charge in [-0.15, -0.1) is 12.3 Å². The van der Waals surface area contributed by atoms with Crippen LogP contribution in [0.25, 0.3) is 0 Å². The van der Waals surface area contributed by atoms with Crippen molar-refractivity contribution in [3.8, 4) is 12.3 Å². The molecule has 0 bridgehead atoms. The van der Waals surface area contributed by atoms with E-state index in [1.54, 1.807) is 12.1 Å². The highest BCUT2D eigenvalue weighted by Gasteiger charge is 2.04. The topological polar surface area (TPSA) is 12.0 Å². The minimum atomic E-state index is -0.250. The van der Waals surface area contributed by atoms with Gasteiger partial charge in [0, 0.05) is 17.4 Å². The Bertz CT molecular complexity index is 323. The fourth-order valence-electron chi connectivity index (χ4n) is 1.07. The molecule has 0 radical (unpaired) electrons. The number of unbranched alkanes of at least 4 members (excludes halogenated alkanes) is 1. The number of hydrogen-bond acceptors (Lipinski definition) is 1. The predicted molar refractivity (Wildman–Crippen MR) is 60.7 cm³/mol. The zero-order chi connectivity index (χ0) is 10.4. The third-order valence-electron chi connectivity index (χ3n) is 1.76. The van der Waals surface area contributed by atoms with Crippen LogP contribution in [0.3, 0.4) is 0 Å². The SMILES string of the molecule is C#CCCCNc1c(F)cccc1Br. The van der Waals surface area contributed by atoms with E-state index in [2.05, 4.69) is 27.2 Å². The minimum absolute atomic E-state index is 0.250. The molecule has 74 valence electrons. The lowest BCUT2D eigenvalue weighted by molar-refractivity contribution is 0.629. The summed E-state index contributed by atoms with van der Waals surface area (Å²) in [6, 6.07) is 4.88. The molecule has 0 fully saturated rings. The Hall–Kier alpha value is -1.01. The van der Waals surface area contributed by atoms with Gasteiger partial charge in [0.2, 0.25) is 0 Å². The highest BCUT2D eigenvalue weighted by molar-refractivity contribution is 9.10. The second-order valence-corrected chi connectivity index (χ2v) is 3.69. The molecule has 3 heteroatoms. The van der Waals surface area contributed by atoms with Crippen molar-refractivity contribution in [1.82, 2.24) is 0 Å². The Morgan fingerprint density at radius 3 is 2.93 bits per heavy atom. The molecule has 0 atom stereocenters.